The number of nitrogens with one attached hydrogen (secondary N) is 1. The van der Waals surface area contributed by atoms with Crippen LogP contribution in [-0.2, 0) is 10.8 Å². The van der Waals surface area contributed by atoms with E-state index in [1.807, 2.05) is 18.2 Å². The molecule has 6 aliphatic carbocycles. The zero-order valence-corrected chi connectivity index (χ0v) is 47.8. The van der Waals surface area contributed by atoms with Gasteiger partial charge in [-0.2, -0.15) is 0 Å². The van der Waals surface area contributed by atoms with E-state index in [1.54, 1.807) is 0 Å². The normalized spacial score (nSPS) is 15.9. The van der Waals surface area contributed by atoms with Crippen molar-refractivity contribution in [3.05, 3.63) is 352 Å². The molecular formula is C82H51BrN2. The summed E-state index contributed by atoms with van der Waals surface area (Å²) in [6, 6.07) is 111. The third-order valence-corrected chi connectivity index (χ3v) is 19.6. The summed E-state index contributed by atoms with van der Waals surface area (Å²) < 4.78 is 1.15. The van der Waals surface area contributed by atoms with Gasteiger partial charge in [-0.05, 0) is 183 Å². The molecule has 14 aromatic carbocycles. The number of hydrogen-bond acceptors (Lipinski definition) is 2. The van der Waals surface area contributed by atoms with E-state index in [0.717, 1.165) is 21.5 Å². The first-order valence-corrected chi connectivity index (χ1v) is 30.2. The maximum absolute atomic E-state index is 3.73. The lowest BCUT2D eigenvalue weighted by Crippen LogP contribution is -2.23. The number of rotatable bonds is 5. The second-order valence-corrected chi connectivity index (χ2v) is 24.0. The van der Waals surface area contributed by atoms with Crippen molar-refractivity contribution in [3.63, 3.8) is 0 Å². The minimum Gasteiger partial charge on any atom is -0.355 e. The van der Waals surface area contributed by atoms with Crippen molar-refractivity contribution < 1.29 is 0 Å². The summed E-state index contributed by atoms with van der Waals surface area (Å²) in [4.78, 5) is 2.44. The lowest BCUT2D eigenvalue weighted by molar-refractivity contribution is 0.817. The summed E-state index contributed by atoms with van der Waals surface area (Å²) in [7, 11) is 0. The SMILES string of the molecule is Brc1ccc2c(c1)C13c4ccccc4-c4cccc(c41)-c1cccc-2c13.c1ccc(N(c2ccc3c(c2)C24c5ccccc5-c5cccc(c52)-c2cccc-3c24)c2cccc3ccccc23)cc1.c1ccc(Nc2cccc3ccccc23)cc1. The molecule has 0 aliphatic heterocycles. The van der Waals surface area contributed by atoms with Crippen molar-refractivity contribution in [2.24, 2.45) is 0 Å². The highest BCUT2D eigenvalue weighted by molar-refractivity contribution is 9.10. The summed E-state index contributed by atoms with van der Waals surface area (Å²) in [6.07, 6.45) is 0. The summed E-state index contributed by atoms with van der Waals surface area (Å²) >= 11 is 3.73. The maximum Gasteiger partial charge on any atom is 0.0738 e. The predicted octanol–water partition coefficient (Wildman–Crippen LogP) is 22.0. The van der Waals surface area contributed by atoms with Gasteiger partial charge in [-0.25, -0.2) is 0 Å². The van der Waals surface area contributed by atoms with Gasteiger partial charge in [0.2, 0.25) is 0 Å². The highest BCUT2D eigenvalue weighted by Gasteiger charge is 2.59. The van der Waals surface area contributed by atoms with Gasteiger partial charge in [-0.15, -0.1) is 0 Å². The second kappa shape index (κ2) is 18.3. The quantitative estimate of drug-likeness (QED) is 0.185. The molecule has 0 heterocycles. The Bertz CT molecular complexity index is 5060. The molecule has 0 bridgehead atoms. The lowest BCUT2D eigenvalue weighted by atomic mass is 9.73. The Kier molecular flexibility index (Phi) is 10.4. The van der Waals surface area contributed by atoms with Crippen LogP contribution in [0.5, 0.6) is 0 Å². The lowest BCUT2D eigenvalue weighted by Gasteiger charge is -2.30. The van der Waals surface area contributed by atoms with Crippen molar-refractivity contribution in [2.75, 3.05) is 10.2 Å². The average Bonchev–Trinajstić information content (AvgIpc) is 1.50. The Labute approximate surface area is 502 Å². The van der Waals surface area contributed by atoms with Crippen LogP contribution in [0.15, 0.2) is 308 Å². The van der Waals surface area contributed by atoms with Gasteiger partial charge in [0.15, 0.2) is 0 Å². The molecule has 0 saturated carbocycles. The van der Waals surface area contributed by atoms with E-state index in [-0.39, 0.29) is 10.8 Å². The van der Waals surface area contributed by atoms with Crippen LogP contribution in [0.1, 0.15) is 44.5 Å². The Hall–Kier alpha value is -10.3. The molecule has 0 radical (unpaired) electrons. The van der Waals surface area contributed by atoms with Gasteiger partial charge in [-0.1, -0.05) is 259 Å². The molecule has 14 aromatic rings. The molecule has 0 saturated heterocycles. The Morgan fingerprint density at radius 3 is 1.22 bits per heavy atom. The molecule has 0 amide bonds. The number of hydrogen-bond donors (Lipinski definition) is 1. The zero-order valence-electron chi connectivity index (χ0n) is 46.2. The summed E-state index contributed by atoms with van der Waals surface area (Å²) in [6.45, 7) is 0. The smallest absolute Gasteiger partial charge is 0.0738 e. The molecule has 2 nitrogen and oxygen atoms in total. The van der Waals surface area contributed by atoms with Crippen molar-refractivity contribution in [2.45, 2.75) is 10.8 Å². The maximum atomic E-state index is 3.73. The summed E-state index contributed by atoms with van der Waals surface area (Å²) in [5, 5.41) is 8.44. The van der Waals surface area contributed by atoms with Crippen molar-refractivity contribution >= 4 is 65.9 Å². The summed E-state index contributed by atoms with van der Waals surface area (Å²) in [5.41, 5.74) is 33.5. The van der Waals surface area contributed by atoms with E-state index in [1.165, 1.54) is 144 Å². The largest absolute Gasteiger partial charge is 0.355 e. The second-order valence-electron chi connectivity index (χ2n) is 23.1. The molecule has 3 heteroatoms. The van der Waals surface area contributed by atoms with E-state index in [2.05, 4.69) is 311 Å². The number of halogens is 1. The van der Waals surface area contributed by atoms with Crippen LogP contribution in [0.2, 0.25) is 0 Å². The van der Waals surface area contributed by atoms with E-state index in [9.17, 15) is 0 Å². The number of anilines is 5. The Morgan fingerprint density at radius 2 is 0.659 bits per heavy atom. The number of benzene rings is 14. The molecule has 6 aliphatic rings. The topological polar surface area (TPSA) is 15.3 Å². The van der Waals surface area contributed by atoms with Gasteiger partial charge in [-0.3, -0.25) is 0 Å². The third-order valence-electron chi connectivity index (χ3n) is 19.1. The third kappa shape index (κ3) is 6.59. The van der Waals surface area contributed by atoms with E-state index < -0.39 is 0 Å². The Morgan fingerprint density at radius 1 is 0.271 bits per heavy atom. The van der Waals surface area contributed by atoms with Gasteiger partial charge >= 0.3 is 0 Å². The first kappa shape index (κ1) is 48.2. The van der Waals surface area contributed by atoms with E-state index >= 15 is 0 Å². The highest BCUT2D eigenvalue weighted by atomic mass is 79.9. The van der Waals surface area contributed by atoms with Crippen LogP contribution in [0.25, 0.3) is 88.3 Å². The molecule has 2 unspecified atom stereocenters. The first-order chi connectivity index (χ1) is 42.1. The molecule has 20 rings (SSSR count). The Balaban J connectivity index is 0.000000108. The van der Waals surface area contributed by atoms with Gasteiger partial charge in [0.05, 0.1) is 16.5 Å². The molecule has 85 heavy (non-hydrogen) atoms. The van der Waals surface area contributed by atoms with Gasteiger partial charge in [0.1, 0.15) is 0 Å². The molecule has 396 valence electrons. The standard InChI is InChI=1S/C41H25N.C25H13Br.C16H13N/c1-2-13-27(14-3-1)42(38-22-8-12-26-11-4-5-15-29(26)38)28-23-24-31-33-18-10-20-35-34-19-9-17-32-30-16-6-7-21-36(30)41(39(32)34,40(33)35)37(31)25-28;26-14-11-12-16-18-7-4-9-20-19-8-3-6-17-15-5-1-2-10-21(15)25(23(17)19,24(18)20)22(16)13-14;1-2-9-14(10-3-1)17-16-12-6-8-13-7-4-5-11-15(13)16/h1-25H;1-13H;1-12,17H. The molecule has 2 spiro atoms. The van der Waals surface area contributed by atoms with Crippen LogP contribution in [0, 0.1) is 0 Å². The van der Waals surface area contributed by atoms with Crippen LogP contribution in [0.4, 0.5) is 28.4 Å². The number of para-hydroxylation sites is 2. The van der Waals surface area contributed by atoms with Gasteiger partial charge in [0, 0.05) is 38.0 Å². The monoisotopic (exact) mass is 1140 g/mol. The average molecular weight is 1140 g/mol. The van der Waals surface area contributed by atoms with Gasteiger partial charge in [0.25, 0.3) is 0 Å². The molecular weight excluding hydrogens is 1090 g/mol. The van der Waals surface area contributed by atoms with Crippen LogP contribution in [0.3, 0.4) is 0 Å². The molecule has 1 N–H and O–H groups in total. The summed E-state index contributed by atoms with van der Waals surface area (Å²) in [5.74, 6) is 0. The van der Waals surface area contributed by atoms with Crippen LogP contribution >= 0.6 is 15.9 Å². The fourth-order valence-electron chi connectivity index (χ4n) is 16.0. The number of fused-ring (bicyclic) bond motifs is 12. The highest BCUT2D eigenvalue weighted by Crippen LogP contribution is 2.72. The first-order valence-electron chi connectivity index (χ1n) is 29.4. The van der Waals surface area contributed by atoms with E-state index in [4.69, 9.17) is 0 Å². The number of nitrogens with zero attached hydrogens (tertiary/aromatic N) is 1. The minimum absolute atomic E-state index is 0.145. The van der Waals surface area contributed by atoms with Crippen LogP contribution < -0.4 is 10.2 Å². The zero-order chi connectivity index (χ0) is 56.0. The molecule has 0 fully saturated rings. The van der Waals surface area contributed by atoms with Crippen molar-refractivity contribution in [3.8, 4) is 66.8 Å². The predicted molar refractivity (Wildman–Crippen MR) is 357 cm³/mol. The van der Waals surface area contributed by atoms with Crippen molar-refractivity contribution in [1.82, 2.24) is 0 Å². The fraction of sp³-hybridized carbons (Fsp3) is 0.0244. The van der Waals surface area contributed by atoms with Gasteiger partial charge < -0.3 is 10.2 Å². The molecule has 2 atom stereocenters. The minimum atomic E-state index is -0.291. The van der Waals surface area contributed by atoms with E-state index in [0.29, 0.717) is 0 Å². The fourth-order valence-corrected chi connectivity index (χ4v) is 16.4. The van der Waals surface area contributed by atoms with Crippen molar-refractivity contribution in [1.29, 1.82) is 0 Å². The molecule has 0 aromatic heterocycles. The van der Waals surface area contributed by atoms with Crippen LogP contribution in [-0.4, -0.2) is 0 Å².